The van der Waals surface area contributed by atoms with E-state index in [1.54, 1.807) is 0 Å². The van der Waals surface area contributed by atoms with Gasteiger partial charge in [0.05, 0.1) is 6.61 Å². The van der Waals surface area contributed by atoms with Crippen LogP contribution in [0.4, 0.5) is 0 Å². The second-order valence-corrected chi connectivity index (χ2v) is 4.57. The van der Waals surface area contributed by atoms with E-state index in [1.165, 1.54) is 7.11 Å². The molecule has 0 aromatic rings. The minimum atomic E-state index is -1.49. The molecule has 0 aromatic heterocycles. The Morgan fingerprint density at radius 1 is 1.27 bits per heavy atom. The molecule has 0 amide bonds. The van der Waals surface area contributed by atoms with Gasteiger partial charge >= 0.3 is 5.97 Å². The highest BCUT2D eigenvalue weighted by Gasteiger charge is 2.40. The third-order valence-electron chi connectivity index (χ3n) is 1.98. The molecule has 1 N–H and O–H groups in total. The Kier molecular flexibility index (Phi) is 5.83. The normalized spacial score (nSPS) is 15.7. The van der Waals surface area contributed by atoms with Crippen LogP contribution < -0.4 is 0 Å². The van der Waals surface area contributed by atoms with Crippen LogP contribution in [-0.2, 0) is 14.3 Å². The van der Waals surface area contributed by atoms with Crippen molar-refractivity contribution in [3.63, 3.8) is 0 Å². The number of ether oxygens (including phenoxy) is 2. The Balaban J connectivity index is 4.58. The van der Waals surface area contributed by atoms with Gasteiger partial charge in [-0.15, -0.1) is 0 Å². The lowest BCUT2D eigenvalue weighted by Crippen LogP contribution is -2.45. The minimum absolute atomic E-state index is 0.202. The zero-order valence-corrected chi connectivity index (χ0v) is 10.2. The molecular weight excluding hydrogens is 196 g/mol. The molecule has 4 heteroatoms. The highest BCUT2D eigenvalue weighted by Crippen LogP contribution is 2.23. The largest absolute Gasteiger partial charge is 0.477 e. The van der Waals surface area contributed by atoms with Crippen molar-refractivity contribution in [2.45, 2.75) is 39.9 Å². The number of hydrogen-bond donors (Lipinski definition) is 1. The van der Waals surface area contributed by atoms with Gasteiger partial charge in [0.25, 0.3) is 5.79 Å². The van der Waals surface area contributed by atoms with E-state index in [-0.39, 0.29) is 11.8 Å². The second-order valence-electron chi connectivity index (χ2n) is 4.57. The number of methoxy groups -OCH3 is 1. The fourth-order valence-electron chi connectivity index (χ4n) is 1.28. The highest BCUT2D eigenvalue weighted by molar-refractivity contribution is 5.75. The first kappa shape index (κ1) is 14.4. The molecule has 0 rings (SSSR count). The molecule has 0 aliphatic rings. The molecule has 0 heterocycles. The van der Waals surface area contributed by atoms with Gasteiger partial charge in [0, 0.05) is 13.5 Å². The molecule has 0 bridgehead atoms. The van der Waals surface area contributed by atoms with Crippen molar-refractivity contribution in [3.05, 3.63) is 0 Å². The summed E-state index contributed by atoms with van der Waals surface area (Å²) in [5, 5.41) is 9.14. The number of carbonyl (C=O) groups is 1. The van der Waals surface area contributed by atoms with E-state index in [9.17, 15) is 4.79 Å². The zero-order chi connectivity index (χ0) is 12.1. The lowest BCUT2D eigenvalue weighted by Gasteiger charge is -2.30. The molecule has 0 aliphatic heterocycles. The smallest absolute Gasteiger partial charge is 0.364 e. The van der Waals surface area contributed by atoms with Gasteiger partial charge in [-0.3, -0.25) is 0 Å². The topological polar surface area (TPSA) is 55.8 Å². The Labute approximate surface area is 91.6 Å². The summed E-state index contributed by atoms with van der Waals surface area (Å²) in [5.74, 6) is -2.06. The molecule has 0 aliphatic carbocycles. The predicted octanol–water partition coefficient (Wildman–Crippen LogP) is 2.13. The van der Waals surface area contributed by atoms with Crippen molar-refractivity contribution in [1.82, 2.24) is 0 Å². The van der Waals surface area contributed by atoms with E-state index in [0.717, 1.165) is 0 Å². The fraction of sp³-hybridized carbons (Fsp3) is 0.909. The van der Waals surface area contributed by atoms with Crippen LogP contribution in [0.25, 0.3) is 0 Å². The van der Waals surface area contributed by atoms with Crippen molar-refractivity contribution < 1.29 is 19.4 Å². The highest BCUT2D eigenvalue weighted by atomic mass is 16.7. The third-order valence-corrected chi connectivity index (χ3v) is 1.98. The lowest BCUT2D eigenvalue weighted by molar-refractivity contribution is -0.243. The molecular formula is C11H22O4. The van der Waals surface area contributed by atoms with Crippen molar-refractivity contribution in [3.8, 4) is 0 Å². The van der Waals surface area contributed by atoms with E-state index >= 15 is 0 Å². The Bertz CT molecular complexity index is 201. The molecule has 0 aromatic carbocycles. The first-order valence-electron chi connectivity index (χ1n) is 5.26. The summed E-state index contributed by atoms with van der Waals surface area (Å²) < 4.78 is 10.4. The van der Waals surface area contributed by atoms with E-state index in [4.69, 9.17) is 14.6 Å². The SMILES string of the molecule is COC(CC(C)C)(OCC(C)C)C(=O)O. The van der Waals surface area contributed by atoms with Crippen LogP contribution in [0.15, 0.2) is 0 Å². The summed E-state index contributed by atoms with van der Waals surface area (Å²) in [6.07, 6.45) is 0.353. The summed E-state index contributed by atoms with van der Waals surface area (Å²) in [7, 11) is 1.37. The van der Waals surface area contributed by atoms with E-state index < -0.39 is 11.8 Å². The summed E-state index contributed by atoms with van der Waals surface area (Å²) in [6.45, 7) is 8.20. The van der Waals surface area contributed by atoms with Crippen LogP contribution in [0.2, 0.25) is 0 Å². The van der Waals surface area contributed by atoms with Gasteiger partial charge in [-0.2, -0.15) is 0 Å². The van der Waals surface area contributed by atoms with Gasteiger partial charge in [-0.05, 0) is 11.8 Å². The third kappa shape index (κ3) is 4.62. The Morgan fingerprint density at radius 2 is 1.80 bits per heavy atom. The maximum absolute atomic E-state index is 11.2. The van der Waals surface area contributed by atoms with Gasteiger partial charge in [-0.25, -0.2) is 4.79 Å². The van der Waals surface area contributed by atoms with Gasteiger partial charge in [-0.1, -0.05) is 27.7 Å². The molecule has 0 fully saturated rings. The quantitative estimate of drug-likeness (QED) is 0.665. The van der Waals surface area contributed by atoms with Crippen molar-refractivity contribution in [2.75, 3.05) is 13.7 Å². The molecule has 0 saturated carbocycles. The molecule has 0 spiro atoms. The lowest BCUT2D eigenvalue weighted by atomic mass is 10.0. The standard InChI is InChI=1S/C11H22O4/c1-8(2)6-11(14-5,10(12)13)15-7-9(3)4/h8-9H,6-7H2,1-5H3,(H,12,13). The van der Waals surface area contributed by atoms with Gasteiger partial charge in [0.2, 0.25) is 0 Å². The van der Waals surface area contributed by atoms with E-state index in [1.807, 2.05) is 27.7 Å². The number of carboxylic acids is 1. The predicted molar refractivity (Wildman–Crippen MR) is 57.6 cm³/mol. The summed E-state index contributed by atoms with van der Waals surface area (Å²) >= 11 is 0. The summed E-state index contributed by atoms with van der Waals surface area (Å²) in [5.41, 5.74) is 0. The molecule has 15 heavy (non-hydrogen) atoms. The maximum Gasteiger partial charge on any atom is 0.364 e. The molecule has 1 unspecified atom stereocenters. The molecule has 0 radical (unpaired) electrons. The second kappa shape index (κ2) is 6.08. The number of rotatable bonds is 7. The van der Waals surface area contributed by atoms with Crippen LogP contribution in [0.5, 0.6) is 0 Å². The maximum atomic E-state index is 11.2. The Morgan fingerprint density at radius 3 is 2.07 bits per heavy atom. The molecule has 1 atom stereocenters. The summed E-state index contributed by atoms with van der Waals surface area (Å²) in [6, 6.07) is 0. The first-order chi connectivity index (χ1) is 6.84. The first-order valence-corrected chi connectivity index (χ1v) is 5.26. The van der Waals surface area contributed by atoms with E-state index in [0.29, 0.717) is 13.0 Å². The Hall–Kier alpha value is -0.610. The number of carboxylic acid groups (broad SMARTS) is 1. The zero-order valence-electron chi connectivity index (χ0n) is 10.2. The minimum Gasteiger partial charge on any atom is -0.477 e. The molecule has 4 nitrogen and oxygen atoms in total. The van der Waals surface area contributed by atoms with Crippen molar-refractivity contribution in [2.24, 2.45) is 11.8 Å². The average molecular weight is 218 g/mol. The van der Waals surface area contributed by atoms with Crippen molar-refractivity contribution in [1.29, 1.82) is 0 Å². The van der Waals surface area contributed by atoms with Gasteiger partial charge in [0.1, 0.15) is 0 Å². The molecule has 90 valence electrons. The van der Waals surface area contributed by atoms with E-state index in [2.05, 4.69) is 0 Å². The number of aliphatic carboxylic acids is 1. The molecule has 0 saturated heterocycles. The van der Waals surface area contributed by atoms with Gasteiger partial charge < -0.3 is 14.6 Å². The van der Waals surface area contributed by atoms with Crippen molar-refractivity contribution >= 4 is 5.97 Å². The van der Waals surface area contributed by atoms with Gasteiger partial charge in [0.15, 0.2) is 0 Å². The van der Waals surface area contributed by atoms with Crippen LogP contribution in [0.1, 0.15) is 34.1 Å². The fourth-order valence-corrected chi connectivity index (χ4v) is 1.28. The van der Waals surface area contributed by atoms with Crippen LogP contribution >= 0.6 is 0 Å². The van der Waals surface area contributed by atoms with Crippen LogP contribution in [0.3, 0.4) is 0 Å². The van der Waals surface area contributed by atoms with Crippen LogP contribution in [0, 0.1) is 11.8 Å². The number of hydrogen-bond acceptors (Lipinski definition) is 3. The monoisotopic (exact) mass is 218 g/mol. The average Bonchev–Trinajstić information content (AvgIpc) is 2.11. The van der Waals surface area contributed by atoms with Crippen LogP contribution in [-0.4, -0.2) is 30.6 Å². The summed E-state index contributed by atoms with van der Waals surface area (Å²) in [4.78, 5) is 11.2.